The molecule has 9 nitrogen and oxygen atoms in total. The third kappa shape index (κ3) is 3.07. The molecule has 140 valence electrons. The summed E-state index contributed by atoms with van der Waals surface area (Å²) in [6, 6.07) is 0. The van der Waals surface area contributed by atoms with Crippen LogP contribution in [0.4, 0.5) is 0 Å². The molecule has 0 unspecified atom stereocenters. The number of likely N-dealkylation sites (tertiary alicyclic amines) is 1. The van der Waals surface area contributed by atoms with E-state index < -0.39 is 24.5 Å². The maximum atomic E-state index is 10.2. The molecular formula is C17H23N5O4. The summed E-state index contributed by atoms with van der Waals surface area (Å²) in [6.45, 7) is 1.71. The first kappa shape index (κ1) is 17.3. The van der Waals surface area contributed by atoms with Crippen LogP contribution in [0.3, 0.4) is 0 Å². The average Bonchev–Trinajstić information content (AvgIpc) is 3.23. The fourth-order valence-corrected chi connectivity index (χ4v) is 3.53. The smallest absolute Gasteiger partial charge is 0.166 e. The standard InChI is InChI=1S/C17H23N5O4/c23-8-12-14(24)15(25)17(26-12)22-10-20-13-11(18-9-19-16(13)22)4-7-21-5-2-1-3-6-21/h4,7,9-10,12,14-15,17,23-25H,1-3,5-6,8H2/b7-4+/t12-,14-,15-,17-/m0/s1. The molecule has 0 bridgehead atoms. The molecule has 9 heteroatoms. The Labute approximate surface area is 150 Å². The summed E-state index contributed by atoms with van der Waals surface area (Å²) in [4.78, 5) is 15.2. The van der Waals surface area contributed by atoms with Gasteiger partial charge in [-0.1, -0.05) is 0 Å². The van der Waals surface area contributed by atoms with E-state index in [2.05, 4.69) is 19.9 Å². The van der Waals surface area contributed by atoms with Crippen molar-refractivity contribution in [3.8, 4) is 0 Å². The van der Waals surface area contributed by atoms with Crippen LogP contribution in [0, 0.1) is 0 Å². The number of rotatable bonds is 4. The highest BCUT2D eigenvalue weighted by molar-refractivity contribution is 5.79. The minimum absolute atomic E-state index is 0.375. The number of hydrogen-bond donors (Lipinski definition) is 3. The zero-order valence-electron chi connectivity index (χ0n) is 14.3. The highest BCUT2D eigenvalue weighted by atomic mass is 16.6. The summed E-state index contributed by atoms with van der Waals surface area (Å²) >= 11 is 0. The predicted molar refractivity (Wildman–Crippen MR) is 92.8 cm³/mol. The molecule has 2 fully saturated rings. The third-order valence-electron chi connectivity index (χ3n) is 5.01. The summed E-state index contributed by atoms with van der Waals surface area (Å²) in [5.41, 5.74) is 1.79. The Kier molecular flexibility index (Phi) is 4.86. The lowest BCUT2D eigenvalue weighted by Gasteiger charge is -2.24. The Hall–Kier alpha value is -2.07. The maximum Gasteiger partial charge on any atom is 0.166 e. The fraction of sp³-hybridized carbons (Fsp3) is 0.588. The summed E-state index contributed by atoms with van der Waals surface area (Å²) < 4.78 is 7.14. The Bertz CT molecular complexity index is 789. The van der Waals surface area contributed by atoms with Gasteiger partial charge in [0.1, 0.15) is 30.2 Å². The number of aromatic nitrogens is 4. The molecular weight excluding hydrogens is 338 g/mol. The molecule has 26 heavy (non-hydrogen) atoms. The second-order valence-corrected chi connectivity index (χ2v) is 6.72. The monoisotopic (exact) mass is 361 g/mol. The van der Waals surface area contributed by atoms with Gasteiger partial charge in [-0.05, 0) is 25.3 Å². The lowest BCUT2D eigenvalue weighted by molar-refractivity contribution is -0.0511. The molecule has 2 aromatic heterocycles. The van der Waals surface area contributed by atoms with Crippen molar-refractivity contribution in [2.45, 2.75) is 43.8 Å². The molecule has 2 aliphatic rings. The second-order valence-electron chi connectivity index (χ2n) is 6.72. The molecule has 0 radical (unpaired) electrons. The number of hydrogen-bond acceptors (Lipinski definition) is 8. The van der Waals surface area contributed by atoms with E-state index in [1.54, 1.807) is 4.57 Å². The second kappa shape index (κ2) is 7.28. The quantitative estimate of drug-likeness (QED) is 0.691. The van der Waals surface area contributed by atoms with E-state index in [-0.39, 0.29) is 6.61 Å². The van der Waals surface area contributed by atoms with Gasteiger partial charge in [-0.15, -0.1) is 0 Å². The highest BCUT2D eigenvalue weighted by Gasteiger charge is 2.43. The Balaban J connectivity index is 1.62. The van der Waals surface area contributed by atoms with Gasteiger partial charge in [0.25, 0.3) is 0 Å². The predicted octanol–water partition coefficient (Wildman–Crippen LogP) is -0.106. The Morgan fingerprint density at radius 1 is 1.12 bits per heavy atom. The van der Waals surface area contributed by atoms with Crippen LogP contribution in [0.5, 0.6) is 0 Å². The lowest BCUT2D eigenvalue weighted by atomic mass is 10.1. The number of aliphatic hydroxyl groups is 3. The van der Waals surface area contributed by atoms with Gasteiger partial charge in [-0.25, -0.2) is 15.0 Å². The van der Waals surface area contributed by atoms with Gasteiger partial charge >= 0.3 is 0 Å². The van der Waals surface area contributed by atoms with Crippen molar-refractivity contribution in [3.63, 3.8) is 0 Å². The SMILES string of the molecule is OC[C@@H]1O[C@H](n2cnc3c(/C=C/N4CCCCC4)ncnc32)[C@@H](O)[C@H]1O. The molecule has 4 atom stereocenters. The minimum atomic E-state index is -1.17. The van der Waals surface area contributed by atoms with Gasteiger partial charge in [0, 0.05) is 19.3 Å². The zero-order chi connectivity index (χ0) is 18.1. The maximum absolute atomic E-state index is 10.2. The fourth-order valence-electron chi connectivity index (χ4n) is 3.53. The summed E-state index contributed by atoms with van der Waals surface area (Å²) in [5, 5.41) is 29.5. The number of ether oxygens (including phenoxy) is 1. The van der Waals surface area contributed by atoms with E-state index in [1.165, 1.54) is 31.9 Å². The van der Waals surface area contributed by atoms with Crippen molar-refractivity contribution >= 4 is 17.2 Å². The van der Waals surface area contributed by atoms with E-state index in [9.17, 15) is 15.3 Å². The minimum Gasteiger partial charge on any atom is -0.394 e. The number of aliphatic hydroxyl groups excluding tert-OH is 3. The van der Waals surface area contributed by atoms with Gasteiger partial charge in [-0.2, -0.15) is 0 Å². The van der Waals surface area contributed by atoms with Gasteiger partial charge in [0.15, 0.2) is 11.9 Å². The van der Waals surface area contributed by atoms with E-state index >= 15 is 0 Å². The molecule has 0 amide bonds. The van der Waals surface area contributed by atoms with Crippen molar-refractivity contribution in [2.75, 3.05) is 19.7 Å². The first-order valence-electron chi connectivity index (χ1n) is 8.91. The molecule has 4 heterocycles. The van der Waals surface area contributed by atoms with Crippen LogP contribution in [0.15, 0.2) is 18.9 Å². The highest BCUT2D eigenvalue weighted by Crippen LogP contribution is 2.31. The topological polar surface area (TPSA) is 117 Å². The first-order valence-corrected chi connectivity index (χ1v) is 8.91. The van der Waals surface area contributed by atoms with Crippen LogP contribution in [0.25, 0.3) is 17.2 Å². The van der Waals surface area contributed by atoms with Gasteiger partial charge < -0.3 is 25.0 Å². The van der Waals surface area contributed by atoms with Crippen LogP contribution in [-0.4, -0.2) is 77.7 Å². The van der Waals surface area contributed by atoms with Crippen LogP contribution in [-0.2, 0) is 4.74 Å². The van der Waals surface area contributed by atoms with Crippen LogP contribution in [0.1, 0.15) is 31.2 Å². The van der Waals surface area contributed by atoms with Crippen LogP contribution < -0.4 is 0 Å². The van der Waals surface area contributed by atoms with Crippen molar-refractivity contribution in [1.82, 2.24) is 24.4 Å². The van der Waals surface area contributed by atoms with E-state index in [0.29, 0.717) is 16.9 Å². The molecule has 0 spiro atoms. The van der Waals surface area contributed by atoms with E-state index in [1.807, 2.05) is 12.3 Å². The van der Waals surface area contributed by atoms with Gasteiger partial charge in [0.05, 0.1) is 18.6 Å². The zero-order valence-corrected chi connectivity index (χ0v) is 14.3. The number of piperidine rings is 1. The largest absolute Gasteiger partial charge is 0.394 e. The Morgan fingerprint density at radius 3 is 2.65 bits per heavy atom. The van der Waals surface area contributed by atoms with E-state index in [0.717, 1.165) is 13.1 Å². The molecule has 2 aromatic rings. The third-order valence-corrected chi connectivity index (χ3v) is 5.01. The molecule has 2 saturated heterocycles. The summed E-state index contributed by atoms with van der Waals surface area (Å²) in [6.07, 6.45) is 6.54. The van der Waals surface area contributed by atoms with Crippen molar-refractivity contribution in [3.05, 3.63) is 24.5 Å². The normalized spacial score (nSPS) is 29.9. The number of imidazole rings is 1. The average molecular weight is 361 g/mol. The van der Waals surface area contributed by atoms with Crippen molar-refractivity contribution in [2.24, 2.45) is 0 Å². The molecule has 0 saturated carbocycles. The molecule has 0 aromatic carbocycles. The first-order chi connectivity index (χ1) is 12.7. The summed E-state index contributed by atoms with van der Waals surface area (Å²) in [5.74, 6) is 0. The van der Waals surface area contributed by atoms with E-state index in [4.69, 9.17) is 4.74 Å². The molecule has 3 N–H and O–H groups in total. The van der Waals surface area contributed by atoms with Crippen molar-refractivity contribution in [1.29, 1.82) is 0 Å². The molecule has 2 aliphatic heterocycles. The van der Waals surface area contributed by atoms with Gasteiger partial charge in [-0.3, -0.25) is 4.57 Å². The molecule has 0 aliphatic carbocycles. The van der Waals surface area contributed by atoms with Crippen LogP contribution >= 0.6 is 0 Å². The Morgan fingerprint density at radius 2 is 1.92 bits per heavy atom. The number of fused-ring (bicyclic) bond motifs is 1. The van der Waals surface area contributed by atoms with Gasteiger partial charge in [0.2, 0.25) is 0 Å². The lowest BCUT2D eigenvalue weighted by Crippen LogP contribution is -2.33. The van der Waals surface area contributed by atoms with Crippen LogP contribution in [0.2, 0.25) is 0 Å². The summed E-state index contributed by atoms with van der Waals surface area (Å²) in [7, 11) is 0. The number of nitrogens with zero attached hydrogens (tertiary/aromatic N) is 5. The molecule has 4 rings (SSSR count). The van der Waals surface area contributed by atoms with Crippen molar-refractivity contribution < 1.29 is 20.1 Å².